The monoisotopic (exact) mass is 688 g/mol. The maximum Gasteiger partial charge on any atom is 0.263 e. The van der Waals surface area contributed by atoms with Crippen LogP contribution in [0.25, 0.3) is 16.6 Å². The molecule has 4 heterocycles. The van der Waals surface area contributed by atoms with Crippen molar-refractivity contribution in [3.05, 3.63) is 88.2 Å². The van der Waals surface area contributed by atoms with E-state index in [0.717, 1.165) is 37.0 Å². The van der Waals surface area contributed by atoms with E-state index in [1.807, 2.05) is 0 Å². The average molecular weight is 689 g/mol. The van der Waals surface area contributed by atoms with Gasteiger partial charge in [0.05, 0.1) is 52.5 Å². The molecule has 0 atom stereocenters. The van der Waals surface area contributed by atoms with Crippen LogP contribution in [0.1, 0.15) is 68.6 Å². The van der Waals surface area contributed by atoms with Crippen LogP contribution in [0.2, 0.25) is 0 Å². The lowest BCUT2D eigenvalue weighted by atomic mass is 9.85. The molecule has 2 bridgehead atoms. The minimum atomic E-state index is -0.819. The van der Waals surface area contributed by atoms with E-state index in [4.69, 9.17) is 14.2 Å². The van der Waals surface area contributed by atoms with Crippen molar-refractivity contribution < 1.29 is 32.3 Å². The Morgan fingerprint density at radius 1 is 0.860 bits per heavy atom. The van der Waals surface area contributed by atoms with E-state index in [-0.39, 0.29) is 17.8 Å². The van der Waals surface area contributed by atoms with Gasteiger partial charge in [0.25, 0.3) is 5.91 Å². The molecule has 3 aliphatic heterocycles. The number of nitrogens with zero attached hydrogens (tertiary/aromatic N) is 3. The number of rotatable bonds is 15. The number of amides is 1. The van der Waals surface area contributed by atoms with Gasteiger partial charge < -0.3 is 28.2 Å². The minimum Gasteiger partial charge on any atom is -0.494 e. The van der Waals surface area contributed by atoms with Crippen LogP contribution < -0.4 is 24.5 Å². The Kier molecular flexibility index (Phi) is 11.1. The van der Waals surface area contributed by atoms with Gasteiger partial charge in [-0.15, -0.1) is 0 Å². The molecule has 3 fully saturated rings. The number of halogens is 2. The zero-order valence-corrected chi connectivity index (χ0v) is 29.4. The van der Waals surface area contributed by atoms with Crippen LogP contribution in [0, 0.1) is 17.6 Å². The second-order valence-corrected chi connectivity index (χ2v) is 13.7. The van der Waals surface area contributed by atoms with Crippen molar-refractivity contribution in [3.8, 4) is 22.9 Å². The van der Waals surface area contributed by atoms with Crippen LogP contribution in [0.15, 0.2) is 65.6 Å². The van der Waals surface area contributed by atoms with E-state index < -0.39 is 23.0 Å². The summed E-state index contributed by atoms with van der Waals surface area (Å²) in [5, 5.41) is 0.295. The first-order valence-corrected chi connectivity index (χ1v) is 17.9. The average Bonchev–Trinajstić information content (AvgIpc) is 3.13. The van der Waals surface area contributed by atoms with E-state index in [0.29, 0.717) is 40.4 Å². The predicted molar refractivity (Wildman–Crippen MR) is 192 cm³/mol. The number of anilines is 1. The zero-order valence-electron chi connectivity index (χ0n) is 29.4. The highest BCUT2D eigenvalue weighted by atomic mass is 19.1. The molecule has 1 aromatic heterocycles. The van der Waals surface area contributed by atoms with Crippen molar-refractivity contribution in [2.45, 2.75) is 58.3 Å². The highest BCUT2D eigenvalue weighted by Crippen LogP contribution is 2.34. The number of ether oxygens (including phenoxy) is 3. The molecule has 1 amide bonds. The lowest BCUT2D eigenvalue weighted by Crippen LogP contribution is -2.58. The Bertz CT molecular complexity index is 1850. The molecule has 7 rings (SSSR count). The fourth-order valence-electron chi connectivity index (χ4n) is 7.76. The Labute approximate surface area is 292 Å². The van der Waals surface area contributed by atoms with Gasteiger partial charge >= 0.3 is 0 Å². The summed E-state index contributed by atoms with van der Waals surface area (Å²) in [6.07, 6.45) is 11.5. The first kappa shape index (κ1) is 35.4. The summed E-state index contributed by atoms with van der Waals surface area (Å²) >= 11 is 0. The minimum absolute atomic E-state index is 0.0194. The summed E-state index contributed by atoms with van der Waals surface area (Å²) < 4.78 is 48.5. The van der Waals surface area contributed by atoms with Crippen LogP contribution in [0.4, 0.5) is 14.5 Å². The lowest BCUT2D eigenvalue weighted by molar-refractivity contribution is -0.942. The molecular formula is C40H48F2N3O5+. The third kappa shape index (κ3) is 7.65. The van der Waals surface area contributed by atoms with Crippen molar-refractivity contribution in [2.75, 3.05) is 58.5 Å². The molecular weight excluding hydrogens is 640 g/mol. The summed E-state index contributed by atoms with van der Waals surface area (Å²) in [5.74, 6) is 0.277. The number of carbonyl (C=O) groups excluding carboxylic acids is 1. The van der Waals surface area contributed by atoms with Gasteiger partial charge in [-0.1, -0.05) is 12.8 Å². The predicted octanol–water partition coefficient (Wildman–Crippen LogP) is 7.91. The lowest BCUT2D eigenvalue weighted by Gasteiger charge is -2.49. The van der Waals surface area contributed by atoms with Gasteiger partial charge in [-0.3, -0.25) is 9.59 Å². The number of unbranched alkanes of at least 4 members (excludes halogenated alkanes) is 4. The largest absolute Gasteiger partial charge is 0.494 e. The molecule has 0 saturated carbocycles. The number of hydrogen-bond acceptors (Lipinski definition) is 5. The van der Waals surface area contributed by atoms with Crippen molar-refractivity contribution >= 4 is 22.5 Å². The van der Waals surface area contributed by atoms with Gasteiger partial charge in [0, 0.05) is 47.7 Å². The molecule has 0 radical (unpaired) electrons. The smallest absolute Gasteiger partial charge is 0.263 e. The molecule has 10 heteroatoms. The van der Waals surface area contributed by atoms with Crippen LogP contribution in [0.3, 0.4) is 0 Å². The number of aromatic nitrogens is 1. The van der Waals surface area contributed by atoms with Crippen molar-refractivity contribution in [2.24, 2.45) is 5.92 Å². The van der Waals surface area contributed by atoms with Gasteiger partial charge in [-0.2, -0.15) is 0 Å². The van der Waals surface area contributed by atoms with E-state index in [9.17, 15) is 18.4 Å². The molecule has 0 aliphatic carbocycles. The van der Waals surface area contributed by atoms with E-state index in [1.54, 1.807) is 55.0 Å². The van der Waals surface area contributed by atoms with Gasteiger partial charge in [-0.05, 0) is 87.8 Å². The van der Waals surface area contributed by atoms with Crippen LogP contribution in [0.5, 0.6) is 17.2 Å². The van der Waals surface area contributed by atoms with E-state index in [2.05, 4.69) is 0 Å². The number of piperidine rings is 3. The molecule has 50 heavy (non-hydrogen) atoms. The second-order valence-electron chi connectivity index (χ2n) is 13.7. The highest BCUT2D eigenvalue weighted by Gasteiger charge is 2.38. The third-order valence-electron chi connectivity index (χ3n) is 10.7. The number of fused-ring (bicyclic) bond motifs is 4. The number of benzene rings is 3. The molecule has 8 nitrogen and oxygen atoms in total. The normalized spacial score (nSPS) is 18.3. The maximum atomic E-state index is 14.1. The Morgan fingerprint density at radius 2 is 1.54 bits per heavy atom. The molecule has 0 N–H and O–H groups in total. The van der Waals surface area contributed by atoms with Crippen molar-refractivity contribution in [3.63, 3.8) is 0 Å². The second kappa shape index (κ2) is 15.6. The molecule has 0 unspecified atom stereocenters. The van der Waals surface area contributed by atoms with Crippen LogP contribution in [-0.4, -0.2) is 68.5 Å². The summed E-state index contributed by atoms with van der Waals surface area (Å²) in [4.78, 5) is 29.0. The zero-order chi connectivity index (χ0) is 35.3. The van der Waals surface area contributed by atoms with Crippen LogP contribution in [-0.2, 0) is 0 Å². The molecule has 3 saturated heterocycles. The molecule has 3 aliphatic rings. The van der Waals surface area contributed by atoms with Gasteiger partial charge in [-0.25, -0.2) is 8.78 Å². The summed E-state index contributed by atoms with van der Waals surface area (Å²) in [6, 6.07) is 13.4. The molecule has 266 valence electrons. The van der Waals surface area contributed by atoms with Crippen LogP contribution >= 0.6 is 0 Å². The molecule has 0 spiro atoms. The molecule has 4 aromatic rings. The Balaban J connectivity index is 1.20. The quantitative estimate of drug-likeness (QED) is 0.0938. The Hall–Kier alpha value is -4.44. The van der Waals surface area contributed by atoms with Crippen molar-refractivity contribution in [1.82, 2.24) is 4.57 Å². The first-order valence-electron chi connectivity index (χ1n) is 17.9. The first-order chi connectivity index (χ1) is 24.2. The topological polar surface area (TPSA) is 70.0 Å². The number of pyridine rings is 1. The van der Waals surface area contributed by atoms with E-state index in [1.165, 1.54) is 87.4 Å². The summed E-state index contributed by atoms with van der Waals surface area (Å²) in [7, 11) is 3.07. The third-order valence-corrected chi connectivity index (χ3v) is 10.7. The summed E-state index contributed by atoms with van der Waals surface area (Å²) in [5.41, 5.74) is 0.513. The Morgan fingerprint density at radius 3 is 2.22 bits per heavy atom. The standard InChI is InChI=1S/C40H48F2N3O5/c1-4-43(32-23-29(41)22-30(42)24-32)40(47)35-27-44(31-10-13-37(48-2)38(25-31)49-3)36-26-33(11-12-34(36)39(35)46)50-21-9-7-5-6-8-17-45-18-14-28(15-19-45)16-20-45/h10-13,22-28H,4-9,14-21H2,1-3H3/q+1. The highest BCUT2D eigenvalue weighted by molar-refractivity contribution is 6.07. The molecule has 3 aromatic carbocycles. The summed E-state index contributed by atoms with van der Waals surface area (Å²) in [6.45, 7) is 7.80. The number of carbonyl (C=O) groups is 1. The fraction of sp³-hybridized carbons (Fsp3) is 0.450. The number of hydrogen-bond donors (Lipinski definition) is 0. The number of methoxy groups -OCH3 is 2. The van der Waals surface area contributed by atoms with Gasteiger partial charge in [0.1, 0.15) is 22.9 Å². The number of quaternary nitrogens is 1. The fourth-order valence-corrected chi connectivity index (χ4v) is 7.76. The van der Waals surface area contributed by atoms with E-state index >= 15 is 0 Å². The maximum absolute atomic E-state index is 14.1. The SMILES string of the molecule is CCN(C(=O)c1cn(-c2ccc(OC)c(OC)c2)c2cc(OCCCCCCC[N+]34CCC(CC3)CC4)ccc2c1=O)c1cc(F)cc(F)c1. The van der Waals surface area contributed by atoms with Gasteiger partial charge in [0.15, 0.2) is 11.5 Å². The van der Waals surface area contributed by atoms with Gasteiger partial charge in [0.2, 0.25) is 5.43 Å². The van der Waals surface area contributed by atoms with Crippen molar-refractivity contribution in [1.29, 1.82) is 0 Å².